The van der Waals surface area contributed by atoms with Gasteiger partial charge in [0.25, 0.3) is 0 Å². The highest BCUT2D eigenvalue weighted by Crippen LogP contribution is 2.29. The molecule has 0 atom stereocenters. The number of amides is 1. The third-order valence-corrected chi connectivity index (χ3v) is 3.54. The van der Waals surface area contributed by atoms with Gasteiger partial charge in [-0.2, -0.15) is 18.2 Å². The molecule has 0 spiro atoms. The molecule has 0 saturated heterocycles. The van der Waals surface area contributed by atoms with Crippen LogP contribution in [0.1, 0.15) is 30.7 Å². The molecule has 0 N–H and O–H groups in total. The van der Waals surface area contributed by atoms with Crippen molar-refractivity contribution in [1.29, 1.82) is 0 Å². The van der Waals surface area contributed by atoms with Gasteiger partial charge in [-0.15, -0.1) is 0 Å². The minimum atomic E-state index is -4.64. The summed E-state index contributed by atoms with van der Waals surface area (Å²) in [5, 5.41) is 3.35. The van der Waals surface area contributed by atoms with Crippen LogP contribution in [0.25, 0.3) is 11.4 Å². The van der Waals surface area contributed by atoms with Crippen LogP contribution in [0.2, 0.25) is 0 Å². The number of alkyl halides is 3. The van der Waals surface area contributed by atoms with Crippen LogP contribution in [0, 0.1) is 0 Å². The topological polar surface area (TPSA) is 59.2 Å². The SMILES string of the molecule is CN(C=O)CCCCCc1ccc(-c2noc(C(F)(F)F)n2)cc1. The first-order valence-electron chi connectivity index (χ1n) is 7.56. The van der Waals surface area contributed by atoms with Crippen LogP contribution in [0.5, 0.6) is 0 Å². The normalized spacial score (nSPS) is 11.5. The predicted molar refractivity (Wildman–Crippen MR) is 81.0 cm³/mol. The Hall–Kier alpha value is -2.38. The van der Waals surface area contributed by atoms with Crippen molar-refractivity contribution in [2.45, 2.75) is 31.9 Å². The predicted octanol–water partition coefficient (Wildman–Crippen LogP) is 3.56. The van der Waals surface area contributed by atoms with E-state index in [1.54, 1.807) is 24.1 Å². The maximum Gasteiger partial charge on any atom is 0.471 e. The summed E-state index contributed by atoms with van der Waals surface area (Å²) in [5.41, 5.74) is 1.56. The van der Waals surface area contributed by atoms with Crippen molar-refractivity contribution in [1.82, 2.24) is 15.0 Å². The molecule has 24 heavy (non-hydrogen) atoms. The first-order valence-corrected chi connectivity index (χ1v) is 7.56. The molecule has 0 radical (unpaired) electrons. The maximum atomic E-state index is 12.4. The zero-order valence-corrected chi connectivity index (χ0v) is 13.2. The van der Waals surface area contributed by atoms with Gasteiger partial charge in [0.05, 0.1) is 0 Å². The molecule has 2 rings (SSSR count). The Labute approximate surface area is 137 Å². The Morgan fingerprint density at radius 2 is 1.88 bits per heavy atom. The van der Waals surface area contributed by atoms with Crippen molar-refractivity contribution >= 4 is 6.41 Å². The zero-order chi connectivity index (χ0) is 17.6. The number of unbranched alkanes of at least 4 members (excludes halogenated alkanes) is 2. The van der Waals surface area contributed by atoms with E-state index in [2.05, 4.69) is 14.7 Å². The molecule has 130 valence electrons. The molecular weight excluding hydrogens is 323 g/mol. The Morgan fingerprint density at radius 3 is 2.46 bits per heavy atom. The number of hydrogen-bond donors (Lipinski definition) is 0. The molecule has 5 nitrogen and oxygen atoms in total. The molecule has 0 unspecified atom stereocenters. The van der Waals surface area contributed by atoms with E-state index in [0.29, 0.717) is 5.56 Å². The van der Waals surface area contributed by atoms with Crippen molar-refractivity contribution in [3.05, 3.63) is 35.7 Å². The Bertz CT molecular complexity index is 653. The molecule has 0 fully saturated rings. The van der Waals surface area contributed by atoms with E-state index in [4.69, 9.17) is 0 Å². The van der Waals surface area contributed by atoms with Crippen LogP contribution in [-0.2, 0) is 17.4 Å². The van der Waals surface area contributed by atoms with Crippen LogP contribution < -0.4 is 0 Å². The summed E-state index contributed by atoms with van der Waals surface area (Å²) < 4.78 is 41.5. The van der Waals surface area contributed by atoms with Gasteiger partial charge in [-0.05, 0) is 24.8 Å². The lowest BCUT2D eigenvalue weighted by Gasteiger charge is -2.09. The Balaban J connectivity index is 1.85. The van der Waals surface area contributed by atoms with Gasteiger partial charge in [-0.1, -0.05) is 35.8 Å². The summed E-state index contributed by atoms with van der Waals surface area (Å²) in [6, 6.07) is 7.05. The quantitative estimate of drug-likeness (QED) is 0.544. The highest BCUT2D eigenvalue weighted by Gasteiger charge is 2.38. The fourth-order valence-electron chi connectivity index (χ4n) is 2.20. The summed E-state index contributed by atoms with van der Waals surface area (Å²) in [6.45, 7) is 0.738. The van der Waals surface area contributed by atoms with E-state index < -0.39 is 12.1 Å². The largest absolute Gasteiger partial charge is 0.471 e. The lowest BCUT2D eigenvalue weighted by Crippen LogP contribution is -2.16. The van der Waals surface area contributed by atoms with Crippen molar-refractivity contribution in [3.8, 4) is 11.4 Å². The second-order valence-corrected chi connectivity index (χ2v) is 5.51. The molecule has 1 aromatic carbocycles. The summed E-state index contributed by atoms with van der Waals surface area (Å²) in [6.07, 6.45) is -0.0440. The standard InChI is InChI=1S/C16H18F3N3O2/c1-22(11-23)10-4-2-3-5-12-6-8-13(9-7-12)14-20-15(24-21-14)16(17,18)19/h6-9,11H,2-5,10H2,1H3. The molecule has 1 aromatic heterocycles. The monoisotopic (exact) mass is 341 g/mol. The van der Waals surface area contributed by atoms with Crippen LogP contribution in [0.15, 0.2) is 28.8 Å². The number of aromatic nitrogens is 2. The van der Waals surface area contributed by atoms with Crippen molar-refractivity contribution in [3.63, 3.8) is 0 Å². The van der Waals surface area contributed by atoms with Crippen LogP contribution in [0.4, 0.5) is 13.2 Å². The van der Waals surface area contributed by atoms with Crippen molar-refractivity contribution < 1.29 is 22.5 Å². The van der Waals surface area contributed by atoms with Gasteiger partial charge in [0, 0.05) is 19.2 Å². The number of aryl methyl sites for hydroxylation is 1. The third kappa shape index (κ3) is 5.07. The minimum absolute atomic E-state index is 0.0780. The molecule has 2 aromatic rings. The highest BCUT2D eigenvalue weighted by molar-refractivity contribution is 5.54. The molecule has 0 saturated carbocycles. The number of benzene rings is 1. The first kappa shape index (κ1) is 18.0. The van der Waals surface area contributed by atoms with E-state index >= 15 is 0 Å². The second kappa shape index (κ2) is 7.94. The van der Waals surface area contributed by atoms with E-state index in [9.17, 15) is 18.0 Å². The van der Waals surface area contributed by atoms with Gasteiger partial charge in [-0.25, -0.2) is 0 Å². The smallest absolute Gasteiger partial charge is 0.348 e. The molecule has 1 amide bonds. The highest BCUT2D eigenvalue weighted by atomic mass is 19.4. The second-order valence-electron chi connectivity index (χ2n) is 5.51. The summed E-state index contributed by atoms with van der Waals surface area (Å²) in [7, 11) is 1.74. The third-order valence-electron chi connectivity index (χ3n) is 3.54. The molecule has 1 heterocycles. The van der Waals surface area contributed by atoms with Gasteiger partial charge in [0.1, 0.15) is 0 Å². The number of carbonyl (C=O) groups excluding carboxylic acids is 1. The molecule has 0 bridgehead atoms. The first-order chi connectivity index (χ1) is 11.4. The number of halogens is 3. The van der Waals surface area contributed by atoms with E-state index in [-0.39, 0.29) is 5.82 Å². The molecular formula is C16H18F3N3O2. The van der Waals surface area contributed by atoms with Gasteiger partial charge in [-0.3, -0.25) is 4.79 Å². The number of nitrogens with zero attached hydrogens (tertiary/aromatic N) is 3. The average Bonchev–Trinajstić information content (AvgIpc) is 3.05. The van der Waals surface area contributed by atoms with E-state index in [0.717, 1.165) is 44.2 Å². The van der Waals surface area contributed by atoms with Gasteiger partial charge in [0.2, 0.25) is 12.2 Å². The average molecular weight is 341 g/mol. The van der Waals surface area contributed by atoms with Gasteiger partial charge >= 0.3 is 12.1 Å². The van der Waals surface area contributed by atoms with Crippen molar-refractivity contribution in [2.75, 3.05) is 13.6 Å². The van der Waals surface area contributed by atoms with E-state index in [1.807, 2.05) is 12.1 Å². The summed E-state index contributed by atoms with van der Waals surface area (Å²) in [4.78, 5) is 15.4. The zero-order valence-electron chi connectivity index (χ0n) is 13.2. The van der Waals surface area contributed by atoms with Crippen LogP contribution in [0.3, 0.4) is 0 Å². The fourth-order valence-corrected chi connectivity index (χ4v) is 2.20. The van der Waals surface area contributed by atoms with E-state index in [1.165, 1.54) is 0 Å². The van der Waals surface area contributed by atoms with Crippen LogP contribution in [-0.4, -0.2) is 35.0 Å². The summed E-state index contributed by atoms with van der Waals surface area (Å²) >= 11 is 0. The van der Waals surface area contributed by atoms with Gasteiger partial charge < -0.3 is 9.42 Å². The van der Waals surface area contributed by atoms with Crippen molar-refractivity contribution in [2.24, 2.45) is 0 Å². The molecule has 8 heteroatoms. The molecule has 0 aliphatic rings. The number of carbonyl (C=O) groups is 1. The Morgan fingerprint density at radius 1 is 1.17 bits per heavy atom. The lowest BCUT2D eigenvalue weighted by atomic mass is 10.0. The fraction of sp³-hybridized carbons (Fsp3) is 0.438. The minimum Gasteiger partial charge on any atom is -0.348 e. The number of hydrogen-bond acceptors (Lipinski definition) is 4. The molecule has 0 aliphatic carbocycles. The van der Waals surface area contributed by atoms with Gasteiger partial charge in [0.15, 0.2) is 0 Å². The summed E-state index contributed by atoms with van der Waals surface area (Å²) in [5.74, 6) is -1.42. The molecule has 0 aliphatic heterocycles. The Kier molecular flexibility index (Phi) is 5.94. The number of rotatable bonds is 8. The van der Waals surface area contributed by atoms with Crippen LogP contribution >= 0.6 is 0 Å². The maximum absolute atomic E-state index is 12.4. The lowest BCUT2D eigenvalue weighted by molar-refractivity contribution is -0.159.